The van der Waals surface area contributed by atoms with E-state index in [4.69, 9.17) is 5.11 Å². The molecule has 18 heavy (non-hydrogen) atoms. The highest BCUT2D eigenvalue weighted by Gasteiger charge is 2.29. The molecule has 2 fully saturated rings. The van der Waals surface area contributed by atoms with Gasteiger partial charge < -0.3 is 10.4 Å². The number of piperidine rings is 1. The second-order valence-corrected chi connectivity index (χ2v) is 6.13. The molecule has 0 aliphatic carbocycles. The van der Waals surface area contributed by atoms with Gasteiger partial charge in [-0.25, -0.2) is 0 Å². The summed E-state index contributed by atoms with van der Waals surface area (Å²) in [6, 6.07) is 2.18. The Morgan fingerprint density at radius 2 is 2.17 bits per heavy atom. The summed E-state index contributed by atoms with van der Waals surface area (Å²) in [5.41, 5.74) is 0. The van der Waals surface area contributed by atoms with Crippen molar-refractivity contribution < 1.29 is 5.11 Å². The molecule has 2 rings (SSSR count). The van der Waals surface area contributed by atoms with E-state index in [1.807, 2.05) is 0 Å². The van der Waals surface area contributed by atoms with E-state index in [0.29, 0.717) is 12.6 Å². The molecule has 3 heteroatoms. The molecule has 0 saturated carbocycles. The lowest BCUT2D eigenvalue weighted by Crippen LogP contribution is -2.43. The van der Waals surface area contributed by atoms with Crippen molar-refractivity contribution in [2.45, 2.75) is 76.4 Å². The minimum Gasteiger partial charge on any atom is -0.396 e. The van der Waals surface area contributed by atoms with Crippen LogP contribution in [-0.2, 0) is 0 Å². The van der Waals surface area contributed by atoms with Crippen molar-refractivity contribution in [3.05, 3.63) is 0 Å². The number of nitrogens with zero attached hydrogens (tertiary/aromatic N) is 1. The highest BCUT2D eigenvalue weighted by molar-refractivity contribution is 4.86. The topological polar surface area (TPSA) is 35.5 Å². The van der Waals surface area contributed by atoms with Crippen LogP contribution in [0.5, 0.6) is 0 Å². The largest absolute Gasteiger partial charge is 0.396 e. The van der Waals surface area contributed by atoms with Crippen LogP contribution in [0.25, 0.3) is 0 Å². The molecule has 3 unspecified atom stereocenters. The van der Waals surface area contributed by atoms with E-state index in [9.17, 15) is 0 Å². The van der Waals surface area contributed by atoms with Crippen molar-refractivity contribution in [1.82, 2.24) is 10.2 Å². The first-order chi connectivity index (χ1) is 8.81. The second kappa shape index (κ2) is 7.46. The van der Waals surface area contributed by atoms with Gasteiger partial charge in [0.25, 0.3) is 0 Å². The van der Waals surface area contributed by atoms with Crippen LogP contribution in [0.15, 0.2) is 0 Å². The Balaban J connectivity index is 1.77. The predicted octanol–water partition coefficient (Wildman–Crippen LogP) is 2.14. The number of likely N-dealkylation sites (tertiary alicyclic amines) is 1. The van der Waals surface area contributed by atoms with Crippen LogP contribution in [0.1, 0.15) is 58.3 Å². The number of aliphatic hydroxyl groups excluding tert-OH is 1. The third-order valence-corrected chi connectivity index (χ3v) is 4.72. The van der Waals surface area contributed by atoms with Gasteiger partial charge in [0.2, 0.25) is 0 Å². The first-order valence-corrected chi connectivity index (χ1v) is 7.91. The van der Waals surface area contributed by atoms with Crippen molar-refractivity contribution in [3.8, 4) is 0 Å². The normalized spacial score (nSPS) is 31.7. The molecule has 0 aromatic carbocycles. The summed E-state index contributed by atoms with van der Waals surface area (Å²) >= 11 is 0. The Morgan fingerprint density at radius 1 is 1.28 bits per heavy atom. The molecular weight excluding hydrogens is 224 g/mol. The maximum absolute atomic E-state index is 8.98. The third-order valence-electron chi connectivity index (χ3n) is 4.72. The number of aliphatic hydroxyl groups is 1. The van der Waals surface area contributed by atoms with Crippen molar-refractivity contribution >= 4 is 0 Å². The van der Waals surface area contributed by atoms with E-state index in [0.717, 1.165) is 18.5 Å². The van der Waals surface area contributed by atoms with E-state index in [-0.39, 0.29) is 0 Å². The first-order valence-electron chi connectivity index (χ1n) is 7.91. The fraction of sp³-hybridized carbons (Fsp3) is 1.00. The van der Waals surface area contributed by atoms with Crippen LogP contribution in [0, 0.1) is 0 Å². The lowest BCUT2D eigenvalue weighted by Gasteiger charge is -2.34. The van der Waals surface area contributed by atoms with E-state index < -0.39 is 0 Å². The van der Waals surface area contributed by atoms with Gasteiger partial charge in [-0.2, -0.15) is 0 Å². The Kier molecular flexibility index (Phi) is 5.93. The molecule has 0 radical (unpaired) electrons. The van der Waals surface area contributed by atoms with Crippen LogP contribution in [0.3, 0.4) is 0 Å². The monoisotopic (exact) mass is 254 g/mol. The van der Waals surface area contributed by atoms with Crippen molar-refractivity contribution in [2.24, 2.45) is 0 Å². The zero-order valence-corrected chi connectivity index (χ0v) is 11.9. The zero-order valence-electron chi connectivity index (χ0n) is 11.9. The van der Waals surface area contributed by atoms with Gasteiger partial charge in [-0.05, 0) is 65.0 Å². The highest BCUT2D eigenvalue weighted by atomic mass is 16.2. The summed E-state index contributed by atoms with van der Waals surface area (Å²) < 4.78 is 0. The summed E-state index contributed by atoms with van der Waals surface area (Å²) in [6.07, 6.45) is 10.2. The van der Waals surface area contributed by atoms with Crippen LogP contribution in [-0.4, -0.2) is 47.8 Å². The van der Waals surface area contributed by atoms with Crippen LogP contribution in [0.4, 0.5) is 0 Å². The Morgan fingerprint density at radius 3 is 2.89 bits per heavy atom. The fourth-order valence-electron chi connectivity index (χ4n) is 3.75. The molecule has 0 spiro atoms. The molecule has 2 N–H and O–H groups in total. The van der Waals surface area contributed by atoms with Crippen LogP contribution < -0.4 is 5.32 Å². The molecular formula is C15H30N2O. The fourth-order valence-corrected chi connectivity index (χ4v) is 3.75. The van der Waals surface area contributed by atoms with E-state index in [1.54, 1.807) is 0 Å². The van der Waals surface area contributed by atoms with Gasteiger partial charge in [-0.15, -0.1) is 0 Å². The number of nitrogens with one attached hydrogen (secondary N) is 1. The predicted molar refractivity (Wildman–Crippen MR) is 75.8 cm³/mol. The average Bonchev–Trinajstić information content (AvgIpc) is 2.86. The Bertz CT molecular complexity index is 229. The SMILES string of the molecule is CC(CC1CCCCN1)N1CCCC1CCCO. The van der Waals surface area contributed by atoms with Crippen molar-refractivity contribution in [3.63, 3.8) is 0 Å². The molecule has 2 heterocycles. The molecule has 2 aliphatic heterocycles. The van der Waals surface area contributed by atoms with E-state index in [2.05, 4.69) is 17.1 Å². The minimum atomic E-state index is 0.350. The summed E-state index contributed by atoms with van der Waals surface area (Å²) in [7, 11) is 0. The van der Waals surface area contributed by atoms with Crippen molar-refractivity contribution in [1.29, 1.82) is 0 Å². The maximum Gasteiger partial charge on any atom is 0.0431 e. The third kappa shape index (κ3) is 3.94. The molecule has 0 aromatic rings. The molecule has 2 aliphatic rings. The average molecular weight is 254 g/mol. The molecule has 106 valence electrons. The smallest absolute Gasteiger partial charge is 0.0431 e. The number of rotatable bonds is 6. The van der Waals surface area contributed by atoms with Gasteiger partial charge in [0.1, 0.15) is 0 Å². The lowest BCUT2D eigenvalue weighted by atomic mass is 9.97. The van der Waals surface area contributed by atoms with Crippen LogP contribution in [0.2, 0.25) is 0 Å². The van der Waals surface area contributed by atoms with Gasteiger partial charge in [0.15, 0.2) is 0 Å². The summed E-state index contributed by atoms with van der Waals surface area (Å²) in [6.45, 7) is 5.23. The van der Waals surface area contributed by atoms with Gasteiger partial charge in [0.05, 0.1) is 0 Å². The Labute approximate surface area is 112 Å². The second-order valence-electron chi connectivity index (χ2n) is 6.13. The van der Waals surface area contributed by atoms with Gasteiger partial charge in [0, 0.05) is 24.7 Å². The van der Waals surface area contributed by atoms with Gasteiger partial charge in [-0.3, -0.25) is 4.90 Å². The highest BCUT2D eigenvalue weighted by Crippen LogP contribution is 2.26. The van der Waals surface area contributed by atoms with Crippen LogP contribution >= 0.6 is 0 Å². The van der Waals surface area contributed by atoms with E-state index >= 15 is 0 Å². The molecule has 3 atom stereocenters. The standard InChI is InChI=1S/C15H30N2O/c1-13(12-14-6-2-3-9-16-14)17-10-4-7-15(17)8-5-11-18/h13-16,18H,2-12H2,1H3. The van der Waals surface area contributed by atoms with Gasteiger partial charge >= 0.3 is 0 Å². The first kappa shape index (κ1) is 14.3. The minimum absolute atomic E-state index is 0.350. The molecule has 3 nitrogen and oxygen atoms in total. The molecule has 0 amide bonds. The molecule has 2 saturated heterocycles. The van der Waals surface area contributed by atoms with E-state index in [1.165, 1.54) is 58.0 Å². The molecule has 0 bridgehead atoms. The summed E-state index contributed by atoms with van der Waals surface area (Å²) in [4.78, 5) is 2.70. The maximum atomic E-state index is 8.98. The zero-order chi connectivity index (χ0) is 12.8. The lowest BCUT2D eigenvalue weighted by molar-refractivity contribution is 0.150. The number of hydrogen-bond donors (Lipinski definition) is 2. The Hall–Kier alpha value is -0.120. The summed E-state index contributed by atoms with van der Waals surface area (Å²) in [5.74, 6) is 0. The summed E-state index contributed by atoms with van der Waals surface area (Å²) in [5, 5.41) is 12.6. The molecule has 0 aromatic heterocycles. The quantitative estimate of drug-likeness (QED) is 0.762. The van der Waals surface area contributed by atoms with Crippen molar-refractivity contribution in [2.75, 3.05) is 19.7 Å². The number of hydrogen-bond acceptors (Lipinski definition) is 3. The van der Waals surface area contributed by atoms with Gasteiger partial charge in [-0.1, -0.05) is 6.42 Å².